The van der Waals surface area contributed by atoms with E-state index in [4.69, 9.17) is 23.4 Å². The van der Waals surface area contributed by atoms with Gasteiger partial charge in [0.15, 0.2) is 17.3 Å². The molecule has 5 heteroatoms. The standard InChI is InChI=1S/C11H16O5/c1-11(2)15-6-8(16-11)10-9(13-4)7(12-3)5-14-10/h5,8H,6H2,1-4H3/t8-/m0/s1. The predicted molar refractivity (Wildman–Crippen MR) is 55.7 cm³/mol. The molecule has 2 heterocycles. The molecule has 1 atom stereocenters. The maximum absolute atomic E-state index is 5.68. The van der Waals surface area contributed by atoms with Gasteiger partial charge in [-0.3, -0.25) is 0 Å². The molecular formula is C11H16O5. The maximum Gasteiger partial charge on any atom is 0.205 e. The smallest absolute Gasteiger partial charge is 0.205 e. The first-order chi connectivity index (χ1) is 7.57. The Kier molecular flexibility index (Phi) is 2.82. The van der Waals surface area contributed by atoms with Crippen molar-refractivity contribution in [1.82, 2.24) is 0 Å². The van der Waals surface area contributed by atoms with E-state index in [9.17, 15) is 0 Å². The summed E-state index contributed by atoms with van der Waals surface area (Å²) in [4.78, 5) is 0. The second-order valence-corrected chi connectivity index (χ2v) is 4.02. The van der Waals surface area contributed by atoms with Gasteiger partial charge in [-0.15, -0.1) is 0 Å². The first-order valence-electron chi connectivity index (χ1n) is 5.08. The predicted octanol–water partition coefficient (Wildman–Crippen LogP) is 2.12. The zero-order valence-corrected chi connectivity index (χ0v) is 9.90. The molecule has 5 nitrogen and oxygen atoms in total. The fourth-order valence-electron chi connectivity index (χ4n) is 1.73. The molecule has 1 aliphatic rings. The summed E-state index contributed by atoms with van der Waals surface area (Å²) in [6.45, 7) is 4.17. The van der Waals surface area contributed by atoms with E-state index in [1.165, 1.54) is 6.26 Å². The third-order valence-electron chi connectivity index (χ3n) is 2.47. The van der Waals surface area contributed by atoms with Crippen molar-refractivity contribution in [3.05, 3.63) is 12.0 Å². The molecule has 1 aromatic rings. The summed E-state index contributed by atoms with van der Waals surface area (Å²) < 4.78 is 26.9. The normalized spacial score (nSPS) is 23.4. The van der Waals surface area contributed by atoms with E-state index in [0.29, 0.717) is 23.9 Å². The van der Waals surface area contributed by atoms with Crippen LogP contribution in [0.2, 0.25) is 0 Å². The summed E-state index contributed by atoms with van der Waals surface area (Å²) in [5.74, 6) is 1.14. The van der Waals surface area contributed by atoms with Crippen LogP contribution in [-0.4, -0.2) is 26.6 Å². The minimum atomic E-state index is -0.588. The average molecular weight is 228 g/mol. The quantitative estimate of drug-likeness (QED) is 0.793. The van der Waals surface area contributed by atoms with Gasteiger partial charge >= 0.3 is 0 Å². The molecule has 1 aliphatic heterocycles. The Morgan fingerprint density at radius 3 is 2.56 bits per heavy atom. The van der Waals surface area contributed by atoms with E-state index in [2.05, 4.69) is 0 Å². The Balaban J connectivity index is 2.24. The molecule has 0 spiro atoms. The summed E-state index contributed by atoms with van der Waals surface area (Å²) in [6, 6.07) is 0. The van der Waals surface area contributed by atoms with Gasteiger partial charge in [-0.1, -0.05) is 0 Å². The molecule has 0 saturated carbocycles. The summed E-state index contributed by atoms with van der Waals surface area (Å²) in [5, 5.41) is 0. The van der Waals surface area contributed by atoms with Gasteiger partial charge in [0, 0.05) is 0 Å². The highest BCUT2D eigenvalue weighted by atomic mass is 16.7. The minimum absolute atomic E-state index is 0.256. The molecule has 16 heavy (non-hydrogen) atoms. The molecule has 0 N–H and O–H groups in total. The molecule has 2 rings (SSSR count). The van der Waals surface area contributed by atoms with E-state index in [0.717, 1.165) is 0 Å². The molecule has 90 valence electrons. The van der Waals surface area contributed by atoms with Crippen LogP contribution in [0.3, 0.4) is 0 Å². The third kappa shape index (κ3) is 1.88. The Labute approximate surface area is 94.2 Å². The number of methoxy groups -OCH3 is 2. The largest absolute Gasteiger partial charge is 0.490 e. The van der Waals surface area contributed by atoms with Crippen LogP contribution in [0.1, 0.15) is 25.7 Å². The van der Waals surface area contributed by atoms with Crippen molar-refractivity contribution in [3.8, 4) is 11.5 Å². The maximum atomic E-state index is 5.68. The molecule has 0 aliphatic carbocycles. The molecule has 1 aromatic heterocycles. The van der Waals surface area contributed by atoms with Crippen molar-refractivity contribution in [2.24, 2.45) is 0 Å². The van der Waals surface area contributed by atoms with Crippen LogP contribution in [0, 0.1) is 0 Å². The molecule has 0 aromatic carbocycles. The van der Waals surface area contributed by atoms with E-state index in [1.54, 1.807) is 14.2 Å². The second-order valence-electron chi connectivity index (χ2n) is 4.02. The van der Waals surface area contributed by atoms with Crippen LogP contribution in [0.4, 0.5) is 0 Å². The van der Waals surface area contributed by atoms with Crippen molar-refractivity contribution in [2.45, 2.75) is 25.7 Å². The Morgan fingerprint density at radius 2 is 2.06 bits per heavy atom. The summed E-state index contributed by atoms with van der Waals surface area (Å²) in [6.07, 6.45) is 1.25. The molecule has 0 bridgehead atoms. The van der Waals surface area contributed by atoms with Crippen LogP contribution >= 0.6 is 0 Å². The van der Waals surface area contributed by atoms with Crippen LogP contribution in [0.15, 0.2) is 10.7 Å². The van der Waals surface area contributed by atoms with Crippen molar-refractivity contribution in [2.75, 3.05) is 20.8 Å². The van der Waals surface area contributed by atoms with Gasteiger partial charge < -0.3 is 23.4 Å². The number of hydrogen-bond acceptors (Lipinski definition) is 5. The number of ether oxygens (including phenoxy) is 4. The number of rotatable bonds is 3. The number of furan rings is 1. The van der Waals surface area contributed by atoms with Crippen molar-refractivity contribution >= 4 is 0 Å². The Bertz CT molecular complexity index is 368. The van der Waals surface area contributed by atoms with Gasteiger partial charge in [-0.25, -0.2) is 0 Å². The van der Waals surface area contributed by atoms with Gasteiger partial charge in [0.1, 0.15) is 12.4 Å². The SMILES string of the molecule is COc1coc([C@@H]2COC(C)(C)O2)c1OC. The first-order valence-corrected chi connectivity index (χ1v) is 5.08. The fraction of sp³-hybridized carbons (Fsp3) is 0.636. The zero-order valence-electron chi connectivity index (χ0n) is 9.90. The van der Waals surface area contributed by atoms with Gasteiger partial charge in [-0.05, 0) is 13.8 Å². The van der Waals surface area contributed by atoms with Gasteiger partial charge in [0.05, 0.1) is 20.8 Å². The highest BCUT2D eigenvalue weighted by Crippen LogP contribution is 2.42. The van der Waals surface area contributed by atoms with Gasteiger partial charge in [-0.2, -0.15) is 0 Å². The summed E-state index contributed by atoms with van der Waals surface area (Å²) in [7, 11) is 3.13. The Morgan fingerprint density at radius 1 is 1.31 bits per heavy atom. The minimum Gasteiger partial charge on any atom is -0.490 e. The highest BCUT2D eigenvalue weighted by Gasteiger charge is 2.38. The molecular weight excluding hydrogens is 212 g/mol. The monoisotopic (exact) mass is 228 g/mol. The van der Waals surface area contributed by atoms with E-state index in [-0.39, 0.29) is 6.10 Å². The van der Waals surface area contributed by atoms with E-state index < -0.39 is 5.79 Å². The molecule has 1 fully saturated rings. The summed E-state index contributed by atoms with van der Waals surface area (Å²) in [5.41, 5.74) is 0. The van der Waals surface area contributed by atoms with Crippen molar-refractivity contribution in [3.63, 3.8) is 0 Å². The van der Waals surface area contributed by atoms with Gasteiger partial charge in [0.2, 0.25) is 5.75 Å². The lowest BCUT2D eigenvalue weighted by Gasteiger charge is -2.16. The fourth-order valence-corrected chi connectivity index (χ4v) is 1.73. The lowest BCUT2D eigenvalue weighted by Crippen LogP contribution is -2.19. The van der Waals surface area contributed by atoms with Crippen LogP contribution in [0.25, 0.3) is 0 Å². The van der Waals surface area contributed by atoms with Crippen molar-refractivity contribution in [1.29, 1.82) is 0 Å². The Hall–Kier alpha value is -1.20. The third-order valence-corrected chi connectivity index (χ3v) is 2.47. The lowest BCUT2D eigenvalue weighted by molar-refractivity contribution is -0.141. The molecule has 1 saturated heterocycles. The topological polar surface area (TPSA) is 50.1 Å². The van der Waals surface area contributed by atoms with Crippen LogP contribution in [0.5, 0.6) is 11.5 Å². The average Bonchev–Trinajstić information content (AvgIpc) is 2.80. The molecule has 0 radical (unpaired) electrons. The summed E-state index contributed by atoms with van der Waals surface area (Å²) >= 11 is 0. The lowest BCUT2D eigenvalue weighted by atomic mass is 10.2. The van der Waals surface area contributed by atoms with E-state index in [1.807, 2.05) is 13.8 Å². The second kappa shape index (κ2) is 3.99. The van der Waals surface area contributed by atoms with Crippen LogP contribution in [-0.2, 0) is 9.47 Å². The molecule has 0 amide bonds. The van der Waals surface area contributed by atoms with E-state index >= 15 is 0 Å². The van der Waals surface area contributed by atoms with Gasteiger partial charge in [0.25, 0.3) is 0 Å². The zero-order chi connectivity index (χ0) is 11.8. The first kappa shape index (κ1) is 11.3. The highest BCUT2D eigenvalue weighted by molar-refractivity contribution is 5.42. The van der Waals surface area contributed by atoms with Crippen molar-refractivity contribution < 1.29 is 23.4 Å². The molecule has 0 unspecified atom stereocenters. The van der Waals surface area contributed by atoms with Crippen LogP contribution < -0.4 is 9.47 Å². The number of hydrogen-bond donors (Lipinski definition) is 0.